The maximum absolute atomic E-state index is 13.6. The smallest absolute Gasteiger partial charge is 0.260 e. The summed E-state index contributed by atoms with van der Waals surface area (Å²) in [4.78, 5) is 24.7. The lowest BCUT2D eigenvalue weighted by atomic mass is 9.91. The zero-order chi connectivity index (χ0) is 22.0. The van der Waals surface area contributed by atoms with E-state index >= 15 is 0 Å². The molecule has 1 aliphatic rings. The minimum Gasteiger partial charge on any atom is -0.504 e. The van der Waals surface area contributed by atoms with Crippen LogP contribution in [0.3, 0.4) is 0 Å². The van der Waals surface area contributed by atoms with Crippen molar-refractivity contribution in [2.24, 2.45) is 0 Å². The van der Waals surface area contributed by atoms with Crippen LogP contribution in [0.5, 0.6) is 11.5 Å². The van der Waals surface area contributed by atoms with Gasteiger partial charge in [-0.1, -0.05) is 24.3 Å². The summed E-state index contributed by atoms with van der Waals surface area (Å²) in [6.07, 6.45) is 1.53. The fourth-order valence-corrected chi connectivity index (χ4v) is 3.43. The van der Waals surface area contributed by atoms with Crippen molar-refractivity contribution in [1.29, 1.82) is 0 Å². The number of hydrogen-bond acceptors (Lipinski definition) is 5. The number of fused-ring (bicyclic) bond motifs is 1. The summed E-state index contributed by atoms with van der Waals surface area (Å²) in [6.45, 7) is 0.335. The number of phenolic OH excluding ortho intramolecular Hbond substituents is 1. The summed E-state index contributed by atoms with van der Waals surface area (Å²) in [7, 11) is 1.47. The maximum atomic E-state index is 13.6. The number of methoxy groups -OCH3 is 1. The number of hydrogen-bond donors (Lipinski definition) is 3. The quantitative estimate of drug-likeness (QED) is 0.435. The number of aromatic hydroxyl groups is 1. The van der Waals surface area contributed by atoms with E-state index in [1.54, 1.807) is 48.5 Å². The molecule has 0 aromatic heterocycles. The molecule has 0 saturated carbocycles. The van der Waals surface area contributed by atoms with Crippen LogP contribution < -0.4 is 15.4 Å². The topological polar surface area (TPSA) is 87.7 Å². The number of ether oxygens (including phenoxy) is 1. The summed E-state index contributed by atoms with van der Waals surface area (Å²) in [6, 6.07) is 16.1. The fraction of sp³-hybridized carbons (Fsp3) is 0.0833. The molecule has 0 atom stereocenters. The van der Waals surface area contributed by atoms with Gasteiger partial charge < -0.3 is 15.2 Å². The van der Waals surface area contributed by atoms with Crippen LogP contribution in [0.2, 0.25) is 0 Å². The van der Waals surface area contributed by atoms with Crippen LogP contribution in [0, 0.1) is 5.82 Å². The molecule has 0 fully saturated rings. The Hall–Kier alpha value is -4.13. The third-order valence-corrected chi connectivity index (χ3v) is 4.98. The number of carbonyl (C=O) groups is 2. The number of carbonyl (C=O) groups excluding carboxylic acids is 2. The van der Waals surface area contributed by atoms with Gasteiger partial charge in [-0.05, 0) is 53.1 Å². The van der Waals surface area contributed by atoms with Crippen LogP contribution in [0.1, 0.15) is 21.5 Å². The summed E-state index contributed by atoms with van der Waals surface area (Å²) in [5.74, 6) is -1.00. The summed E-state index contributed by atoms with van der Waals surface area (Å²) >= 11 is 0. The normalized spacial score (nSPS) is 14.2. The molecule has 31 heavy (non-hydrogen) atoms. The van der Waals surface area contributed by atoms with Crippen molar-refractivity contribution < 1.29 is 23.8 Å². The summed E-state index contributed by atoms with van der Waals surface area (Å²) in [5.41, 5.74) is 3.20. The number of phenols is 1. The van der Waals surface area contributed by atoms with Crippen molar-refractivity contribution in [3.8, 4) is 22.6 Å². The first kappa shape index (κ1) is 20.2. The molecule has 156 valence electrons. The van der Waals surface area contributed by atoms with Crippen molar-refractivity contribution >= 4 is 17.4 Å². The molecule has 0 radical (unpaired) electrons. The van der Waals surface area contributed by atoms with Gasteiger partial charge in [0.1, 0.15) is 5.82 Å². The van der Waals surface area contributed by atoms with Crippen LogP contribution in [0.25, 0.3) is 16.7 Å². The lowest BCUT2D eigenvalue weighted by molar-refractivity contribution is -0.114. The molecule has 0 bridgehead atoms. The van der Waals surface area contributed by atoms with Gasteiger partial charge in [-0.15, -0.1) is 0 Å². The minimum absolute atomic E-state index is 0.0144. The molecular weight excluding hydrogens is 399 g/mol. The Bertz CT molecular complexity index is 1220. The van der Waals surface area contributed by atoms with Gasteiger partial charge in [-0.25, -0.2) is 4.39 Å². The highest BCUT2D eigenvalue weighted by Gasteiger charge is 2.27. The summed E-state index contributed by atoms with van der Waals surface area (Å²) in [5, 5.41) is 15.3. The predicted molar refractivity (Wildman–Crippen MR) is 114 cm³/mol. The van der Waals surface area contributed by atoms with E-state index in [4.69, 9.17) is 4.74 Å². The lowest BCUT2D eigenvalue weighted by Crippen LogP contribution is -2.37. The number of imide groups is 1. The van der Waals surface area contributed by atoms with Gasteiger partial charge in [-0.3, -0.25) is 14.9 Å². The van der Waals surface area contributed by atoms with E-state index in [0.29, 0.717) is 34.5 Å². The Balaban J connectivity index is 1.64. The van der Waals surface area contributed by atoms with Crippen molar-refractivity contribution in [2.45, 2.75) is 6.54 Å². The average molecular weight is 418 g/mol. The second kappa shape index (κ2) is 8.31. The van der Waals surface area contributed by atoms with Crippen LogP contribution in [-0.4, -0.2) is 24.0 Å². The highest BCUT2D eigenvalue weighted by Crippen LogP contribution is 2.30. The highest BCUT2D eigenvalue weighted by atomic mass is 19.1. The van der Waals surface area contributed by atoms with E-state index < -0.39 is 11.8 Å². The largest absolute Gasteiger partial charge is 0.504 e. The molecule has 4 rings (SSSR count). The Kier molecular flexibility index (Phi) is 5.41. The van der Waals surface area contributed by atoms with Crippen LogP contribution >= 0.6 is 0 Å². The SMILES string of the molecule is COc1ccc(CNC=C2C(=O)NC(=O)c3ccc(-c4cccc(F)c4)cc32)cc1O. The number of benzene rings is 3. The molecule has 0 aliphatic carbocycles. The van der Waals surface area contributed by atoms with Gasteiger partial charge >= 0.3 is 0 Å². The Morgan fingerprint density at radius 1 is 1.00 bits per heavy atom. The van der Waals surface area contributed by atoms with E-state index in [1.807, 2.05) is 0 Å². The molecule has 3 aromatic carbocycles. The van der Waals surface area contributed by atoms with E-state index in [9.17, 15) is 19.1 Å². The third kappa shape index (κ3) is 4.11. The second-order valence-electron chi connectivity index (χ2n) is 7.00. The highest BCUT2D eigenvalue weighted by molar-refractivity contribution is 6.31. The molecule has 0 spiro atoms. The van der Waals surface area contributed by atoms with Gasteiger partial charge in [0, 0.05) is 23.9 Å². The summed E-state index contributed by atoms with van der Waals surface area (Å²) < 4.78 is 18.7. The first-order chi connectivity index (χ1) is 15.0. The van der Waals surface area contributed by atoms with Crippen molar-refractivity contribution in [3.63, 3.8) is 0 Å². The lowest BCUT2D eigenvalue weighted by Gasteiger charge is -2.19. The first-order valence-corrected chi connectivity index (χ1v) is 9.52. The number of halogens is 1. The fourth-order valence-electron chi connectivity index (χ4n) is 3.43. The van der Waals surface area contributed by atoms with Crippen molar-refractivity contribution in [2.75, 3.05) is 7.11 Å². The van der Waals surface area contributed by atoms with E-state index in [-0.39, 0.29) is 17.1 Å². The van der Waals surface area contributed by atoms with E-state index in [1.165, 1.54) is 25.4 Å². The van der Waals surface area contributed by atoms with Crippen molar-refractivity contribution in [3.05, 3.63) is 89.4 Å². The average Bonchev–Trinajstić information content (AvgIpc) is 2.76. The zero-order valence-corrected chi connectivity index (χ0v) is 16.6. The number of nitrogens with one attached hydrogen (secondary N) is 2. The number of rotatable bonds is 5. The molecule has 3 N–H and O–H groups in total. The predicted octanol–water partition coefficient (Wildman–Crippen LogP) is 3.61. The first-order valence-electron chi connectivity index (χ1n) is 9.52. The van der Waals surface area contributed by atoms with Crippen molar-refractivity contribution in [1.82, 2.24) is 10.6 Å². The number of amides is 2. The van der Waals surface area contributed by atoms with Gasteiger partial charge in [0.15, 0.2) is 11.5 Å². The van der Waals surface area contributed by atoms with Gasteiger partial charge in [0.2, 0.25) is 0 Å². The molecule has 2 amide bonds. The monoisotopic (exact) mass is 418 g/mol. The molecule has 7 heteroatoms. The Morgan fingerprint density at radius 3 is 2.55 bits per heavy atom. The molecule has 0 unspecified atom stereocenters. The second-order valence-corrected chi connectivity index (χ2v) is 7.00. The molecule has 0 saturated heterocycles. The molecule has 1 heterocycles. The molecular formula is C24H19FN2O4. The maximum Gasteiger partial charge on any atom is 0.260 e. The van der Waals surface area contributed by atoms with Crippen LogP contribution in [0.4, 0.5) is 4.39 Å². The van der Waals surface area contributed by atoms with E-state index in [0.717, 1.165) is 5.56 Å². The Labute approximate surface area is 178 Å². The molecule has 6 nitrogen and oxygen atoms in total. The minimum atomic E-state index is -0.529. The standard InChI is InChI=1S/C24H19FN2O4/c1-31-22-8-5-14(9-21(22)28)12-26-13-20-19-11-16(15-3-2-4-17(25)10-15)6-7-18(19)23(29)27-24(20)30/h2-11,13,26,28H,12H2,1H3,(H,27,29,30). The molecule has 1 aliphatic heterocycles. The van der Waals surface area contributed by atoms with Crippen LogP contribution in [0.15, 0.2) is 66.9 Å². The molecule has 3 aromatic rings. The Morgan fingerprint density at radius 2 is 1.81 bits per heavy atom. The van der Waals surface area contributed by atoms with E-state index in [2.05, 4.69) is 10.6 Å². The van der Waals surface area contributed by atoms with Gasteiger partial charge in [-0.2, -0.15) is 0 Å². The zero-order valence-electron chi connectivity index (χ0n) is 16.6. The van der Waals surface area contributed by atoms with Gasteiger partial charge in [0.25, 0.3) is 11.8 Å². The van der Waals surface area contributed by atoms with Crippen LogP contribution in [-0.2, 0) is 11.3 Å². The third-order valence-electron chi connectivity index (χ3n) is 4.98. The van der Waals surface area contributed by atoms with Gasteiger partial charge in [0.05, 0.1) is 12.7 Å².